The van der Waals surface area contributed by atoms with Gasteiger partial charge in [-0.2, -0.15) is 5.10 Å². The Morgan fingerprint density at radius 3 is 2.69 bits per heavy atom. The van der Waals surface area contributed by atoms with Crippen molar-refractivity contribution in [3.05, 3.63) is 95.1 Å². The molecule has 7 nitrogen and oxygen atoms in total. The zero-order chi connectivity index (χ0) is 23.8. The van der Waals surface area contributed by atoms with Crippen LogP contribution in [0.3, 0.4) is 0 Å². The zero-order valence-corrected chi connectivity index (χ0v) is 18.3. The number of nitrogens with zero attached hydrogens (tertiary/aromatic N) is 6. The summed E-state index contributed by atoms with van der Waals surface area (Å²) in [5.74, 6) is 7.13. The second kappa shape index (κ2) is 8.57. The third-order valence-electron chi connectivity index (χ3n) is 5.79. The highest BCUT2D eigenvalue weighted by atomic mass is 19.3. The average molecular weight is 465 g/mol. The van der Waals surface area contributed by atoms with Gasteiger partial charge in [-0.25, -0.2) is 28.7 Å². The summed E-state index contributed by atoms with van der Waals surface area (Å²) in [6.07, 6.45) is 2.56. The molecule has 6 rings (SSSR count). The van der Waals surface area contributed by atoms with Crippen LogP contribution in [0.1, 0.15) is 34.4 Å². The molecule has 0 saturated heterocycles. The van der Waals surface area contributed by atoms with Crippen LogP contribution in [0.2, 0.25) is 0 Å². The zero-order valence-electron chi connectivity index (χ0n) is 18.3. The second-order valence-electron chi connectivity index (χ2n) is 8.11. The van der Waals surface area contributed by atoms with Gasteiger partial charge in [-0.15, -0.1) is 0 Å². The van der Waals surface area contributed by atoms with Gasteiger partial charge in [0.05, 0.1) is 11.7 Å². The molecule has 35 heavy (non-hydrogen) atoms. The lowest BCUT2D eigenvalue weighted by Gasteiger charge is -2.15. The van der Waals surface area contributed by atoms with E-state index in [1.54, 1.807) is 42.9 Å². The normalized spacial score (nSPS) is 12.6. The van der Waals surface area contributed by atoms with Gasteiger partial charge in [0.2, 0.25) is 5.95 Å². The molecule has 0 saturated carbocycles. The van der Waals surface area contributed by atoms with Crippen LogP contribution in [0.5, 0.6) is 0 Å². The van der Waals surface area contributed by atoms with Crippen LogP contribution < -0.4 is 4.90 Å². The largest absolute Gasteiger partial charge is 0.332 e. The Kier molecular flexibility index (Phi) is 5.11. The summed E-state index contributed by atoms with van der Waals surface area (Å²) >= 11 is 0. The van der Waals surface area contributed by atoms with Crippen LogP contribution in [0.15, 0.2) is 67.1 Å². The number of H-pyrrole nitrogens is 1. The van der Waals surface area contributed by atoms with Gasteiger partial charge in [-0.3, -0.25) is 5.10 Å². The summed E-state index contributed by atoms with van der Waals surface area (Å²) in [6, 6.07) is 14.1. The molecule has 0 bridgehead atoms. The number of aromatic nitrogens is 6. The summed E-state index contributed by atoms with van der Waals surface area (Å²) < 4.78 is 26.1. The van der Waals surface area contributed by atoms with Crippen molar-refractivity contribution in [3.8, 4) is 23.4 Å². The van der Waals surface area contributed by atoms with Crippen LogP contribution in [0.25, 0.3) is 22.4 Å². The number of fused-ring (bicyclic) bond motifs is 2. The number of aromatic amines is 1. The molecular formula is C26H17F2N7. The number of alkyl halides is 2. The van der Waals surface area contributed by atoms with Gasteiger partial charge in [0.1, 0.15) is 11.4 Å². The third kappa shape index (κ3) is 4.17. The number of anilines is 1. The third-order valence-corrected chi connectivity index (χ3v) is 5.79. The number of hydrogen-bond acceptors (Lipinski definition) is 6. The van der Waals surface area contributed by atoms with E-state index < -0.39 is 6.43 Å². The second-order valence-corrected chi connectivity index (χ2v) is 8.11. The lowest BCUT2D eigenvalue weighted by Crippen LogP contribution is -2.17. The Morgan fingerprint density at radius 2 is 1.77 bits per heavy atom. The molecule has 0 atom stereocenters. The van der Waals surface area contributed by atoms with E-state index >= 15 is 0 Å². The Bertz CT molecular complexity index is 1620. The SMILES string of the molecule is FC(F)c1ccc2c(c1)CN(c1nccc(-c3nccc(C#Cc4ccc5[nH]ncc5c4)n3)n1)C2. The van der Waals surface area contributed by atoms with E-state index in [9.17, 15) is 8.78 Å². The number of rotatable bonds is 3. The van der Waals surface area contributed by atoms with E-state index in [4.69, 9.17) is 0 Å². The number of benzene rings is 2. The van der Waals surface area contributed by atoms with Crippen LogP contribution in [0, 0.1) is 11.8 Å². The number of nitrogens with one attached hydrogen (secondary N) is 1. The molecule has 0 fully saturated rings. The van der Waals surface area contributed by atoms with E-state index in [0.29, 0.717) is 36.3 Å². The van der Waals surface area contributed by atoms with Crippen LogP contribution >= 0.6 is 0 Å². The van der Waals surface area contributed by atoms with Crippen molar-refractivity contribution >= 4 is 16.9 Å². The fraction of sp³-hybridized carbons (Fsp3) is 0.115. The maximum absolute atomic E-state index is 13.1. The average Bonchev–Trinajstić information content (AvgIpc) is 3.54. The summed E-state index contributed by atoms with van der Waals surface area (Å²) in [4.78, 5) is 19.9. The minimum atomic E-state index is -2.49. The Labute approximate surface area is 198 Å². The summed E-state index contributed by atoms with van der Waals surface area (Å²) in [5, 5.41) is 7.93. The fourth-order valence-corrected chi connectivity index (χ4v) is 4.03. The highest BCUT2D eigenvalue weighted by Crippen LogP contribution is 2.30. The molecule has 0 amide bonds. The lowest BCUT2D eigenvalue weighted by molar-refractivity contribution is 0.151. The summed E-state index contributed by atoms with van der Waals surface area (Å²) in [5.41, 5.74) is 4.81. The van der Waals surface area contributed by atoms with Gasteiger partial charge < -0.3 is 4.90 Å². The molecular weight excluding hydrogens is 448 g/mol. The molecule has 0 aliphatic carbocycles. The minimum Gasteiger partial charge on any atom is -0.332 e. The smallest absolute Gasteiger partial charge is 0.263 e. The van der Waals surface area contributed by atoms with Gasteiger partial charge in [0.25, 0.3) is 6.43 Å². The molecule has 0 spiro atoms. The standard InChI is InChI=1S/C26H17F2N7/c27-24(28)17-3-4-18-14-35(15-20(18)12-17)26-30-10-8-23(33-26)25-29-9-7-21(32-25)5-1-16-2-6-22-19(11-16)13-31-34-22/h2-4,6-13,24H,14-15H2,(H,31,34). The van der Waals surface area contributed by atoms with Crippen molar-refractivity contribution in [2.75, 3.05) is 4.90 Å². The first-order chi connectivity index (χ1) is 17.1. The van der Waals surface area contributed by atoms with Gasteiger partial charge in [0.15, 0.2) is 5.82 Å². The monoisotopic (exact) mass is 465 g/mol. The molecule has 1 aliphatic rings. The van der Waals surface area contributed by atoms with Gasteiger partial charge in [0, 0.05) is 42.0 Å². The molecule has 0 unspecified atom stereocenters. The Balaban J connectivity index is 1.24. The van der Waals surface area contributed by atoms with E-state index in [0.717, 1.165) is 27.6 Å². The maximum Gasteiger partial charge on any atom is 0.263 e. The summed E-state index contributed by atoms with van der Waals surface area (Å²) in [6.45, 7) is 1.02. The fourth-order valence-electron chi connectivity index (χ4n) is 4.03. The first kappa shape index (κ1) is 20.9. The molecule has 170 valence electrons. The number of halogens is 2. The van der Waals surface area contributed by atoms with Gasteiger partial charge >= 0.3 is 0 Å². The van der Waals surface area contributed by atoms with E-state index in [1.807, 2.05) is 23.1 Å². The number of hydrogen-bond donors (Lipinski definition) is 1. The Hall–Kier alpha value is -4.71. The highest BCUT2D eigenvalue weighted by Gasteiger charge is 2.23. The van der Waals surface area contributed by atoms with Crippen molar-refractivity contribution in [2.45, 2.75) is 19.5 Å². The molecule has 5 aromatic rings. The van der Waals surface area contributed by atoms with E-state index in [-0.39, 0.29) is 5.56 Å². The first-order valence-electron chi connectivity index (χ1n) is 10.9. The molecule has 1 aliphatic heterocycles. The topological polar surface area (TPSA) is 83.5 Å². The lowest BCUT2D eigenvalue weighted by atomic mass is 10.1. The van der Waals surface area contributed by atoms with Crippen LogP contribution in [0.4, 0.5) is 14.7 Å². The molecule has 4 heterocycles. The van der Waals surface area contributed by atoms with E-state index in [2.05, 4.69) is 42.0 Å². The van der Waals surface area contributed by atoms with Crippen molar-refractivity contribution in [3.63, 3.8) is 0 Å². The van der Waals surface area contributed by atoms with Crippen LogP contribution in [-0.2, 0) is 13.1 Å². The molecule has 9 heteroatoms. The molecule has 3 aromatic heterocycles. The predicted octanol–water partition coefficient (Wildman–Crippen LogP) is 4.67. The predicted molar refractivity (Wildman–Crippen MR) is 126 cm³/mol. The van der Waals surface area contributed by atoms with Crippen molar-refractivity contribution in [1.29, 1.82) is 0 Å². The van der Waals surface area contributed by atoms with Crippen molar-refractivity contribution < 1.29 is 8.78 Å². The summed E-state index contributed by atoms with van der Waals surface area (Å²) in [7, 11) is 0. The molecule has 0 radical (unpaired) electrons. The highest BCUT2D eigenvalue weighted by molar-refractivity contribution is 5.79. The van der Waals surface area contributed by atoms with Crippen molar-refractivity contribution in [2.24, 2.45) is 0 Å². The van der Waals surface area contributed by atoms with Gasteiger partial charge in [-0.05, 0) is 53.4 Å². The van der Waals surface area contributed by atoms with Crippen molar-refractivity contribution in [1.82, 2.24) is 30.1 Å². The molecule has 1 N–H and O–H groups in total. The van der Waals surface area contributed by atoms with Gasteiger partial charge in [-0.1, -0.05) is 18.1 Å². The first-order valence-corrected chi connectivity index (χ1v) is 10.9. The quantitative estimate of drug-likeness (QED) is 0.390. The maximum atomic E-state index is 13.1. The Morgan fingerprint density at radius 1 is 0.886 bits per heavy atom. The molecule has 2 aromatic carbocycles. The van der Waals surface area contributed by atoms with E-state index in [1.165, 1.54) is 6.07 Å². The van der Waals surface area contributed by atoms with Crippen LogP contribution in [-0.4, -0.2) is 30.1 Å². The minimum absolute atomic E-state index is 0.0243.